The molecule has 136 valence electrons. The van der Waals surface area contributed by atoms with Crippen LogP contribution in [0.2, 0.25) is 0 Å². The third kappa shape index (κ3) is 4.29. The molecule has 1 atom stereocenters. The van der Waals surface area contributed by atoms with Crippen molar-refractivity contribution in [2.45, 2.75) is 32.7 Å². The summed E-state index contributed by atoms with van der Waals surface area (Å²) in [6.45, 7) is 6.73. The molecule has 1 heterocycles. The van der Waals surface area contributed by atoms with Crippen LogP contribution in [0, 0.1) is 0 Å². The molecule has 1 aromatic heterocycles. The second-order valence-corrected chi connectivity index (χ2v) is 8.00. The summed E-state index contributed by atoms with van der Waals surface area (Å²) in [5, 5.41) is 4.00. The molecule has 3 rings (SSSR count). The van der Waals surface area contributed by atoms with E-state index in [1.54, 1.807) is 11.3 Å². The minimum absolute atomic E-state index is 0.0160. The second kappa shape index (κ2) is 7.98. The molecule has 0 saturated carbocycles. The van der Waals surface area contributed by atoms with Crippen molar-refractivity contribution in [2.75, 3.05) is 18.9 Å². The van der Waals surface area contributed by atoms with Crippen molar-refractivity contribution in [3.63, 3.8) is 0 Å². The van der Waals surface area contributed by atoms with Gasteiger partial charge in [0.25, 0.3) is 0 Å². The molecule has 0 bridgehead atoms. The van der Waals surface area contributed by atoms with Crippen LogP contribution in [0.4, 0.5) is 5.69 Å². The summed E-state index contributed by atoms with van der Waals surface area (Å²) in [5.74, 6) is 0.471. The number of carbonyl (C=O) groups is 1. The van der Waals surface area contributed by atoms with Gasteiger partial charge in [-0.2, -0.15) is 0 Å². The number of aromatic nitrogens is 1. The third-order valence-corrected chi connectivity index (χ3v) is 5.79. The first-order valence-corrected chi connectivity index (χ1v) is 9.71. The first kappa shape index (κ1) is 18.5. The van der Waals surface area contributed by atoms with Gasteiger partial charge < -0.3 is 5.32 Å². The molecule has 0 aliphatic rings. The lowest BCUT2D eigenvalue weighted by atomic mass is 10.0. The Labute approximate surface area is 158 Å². The van der Waals surface area contributed by atoms with E-state index in [9.17, 15) is 4.79 Å². The Morgan fingerprint density at radius 3 is 2.46 bits per heavy atom. The Bertz CT molecular complexity index is 853. The van der Waals surface area contributed by atoms with Crippen molar-refractivity contribution in [2.24, 2.45) is 0 Å². The summed E-state index contributed by atoms with van der Waals surface area (Å²) < 4.78 is 1.18. The normalized spacial score (nSPS) is 12.7. The van der Waals surface area contributed by atoms with E-state index in [1.165, 1.54) is 10.3 Å². The molecule has 26 heavy (non-hydrogen) atoms. The van der Waals surface area contributed by atoms with Crippen molar-refractivity contribution in [1.29, 1.82) is 0 Å². The predicted molar refractivity (Wildman–Crippen MR) is 110 cm³/mol. The lowest BCUT2D eigenvalue weighted by Crippen LogP contribution is -2.32. The van der Waals surface area contributed by atoms with Crippen LogP contribution in [0.3, 0.4) is 0 Å². The van der Waals surface area contributed by atoms with Crippen molar-refractivity contribution in [3.05, 3.63) is 59.1 Å². The Balaban J connectivity index is 1.61. The average molecular weight is 368 g/mol. The van der Waals surface area contributed by atoms with Crippen LogP contribution in [-0.2, 0) is 4.79 Å². The van der Waals surface area contributed by atoms with Gasteiger partial charge in [-0.3, -0.25) is 9.69 Å². The number of thiazole rings is 1. The summed E-state index contributed by atoms with van der Waals surface area (Å²) in [7, 11) is 1.96. The number of carbonyl (C=O) groups excluding carboxylic acids is 1. The Morgan fingerprint density at radius 1 is 1.12 bits per heavy atom. The fraction of sp³-hybridized carbons (Fsp3) is 0.333. The standard InChI is InChI=1S/C21H25N3OS/c1-14(2)16-9-11-17(12-10-16)22-20(25)13-24(4)15(3)21-23-18-7-5-6-8-19(18)26-21/h5-12,14-15H,13H2,1-4H3,(H,22,25)/t15-/m0/s1. The van der Waals surface area contributed by atoms with Crippen molar-refractivity contribution < 1.29 is 4.79 Å². The van der Waals surface area contributed by atoms with E-state index in [-0.39, 0.29) is 11.9 Å². The molecular weight excluding hydrogens is 342 g/mol. The van der Waals surface area contributed by atoms with E-state index >= 15 is 0 Å². The van der Waals surface area contributed by atoms with Crippen molar-refractivity contribution in [1.82, 2.24) is 9.88 Å². The molecule has 2 aromatic carbocycles. The highest BCUT2D eigenvalue weighted by atomic mass is 32.1. The maximum Gasteiger partial charge on any atom is 0.238 e. The lowest BCUT2D eigenvalue weighted by molar-refractivity contribution is -0.117. The number of hydrogen-bond acceptors (Lipinski definition) is 4. The fourth-order valence-corrected chi connectivity index (χ4v) is 3.86. The Morgan fingerprint density at radius 2 is 1.81 bits per heavy atom. The zero-order chi connectivity index (χ0) is 18.7. The minimum Gasteiger partial charge on any atom is -0.325 e. The molecule has 3 aromatic rings. The highest BCUT2D eigenvalue weighted by molar-refractivity contribution is 7.18. The molecule has 0 fully saturated rings. The van der Waals surface area contributed by atoms with Gasteiger partial charge in [-0.25, -0.2) is 4.98 Å². The van der Waals surface area contributed by atoms with E-state index in [0.717, 1.165) is 16.2 Å². The summed E-state index contributed by atoms with van der Waals surface area (Å²) in [6, 6.07) is 16.3. The predicted octanol–water partition coefficient (Wildman–Crippen LogP) is 5.05. The van der Waals surface area contributed by atoms with Crippen molar-refractivity contribution in [3.8, 4) is 0 Å². The molecule has 5 heteroatoms. The highest BCUT2D eigenvalue weighted by Crippen LogP contribution is 2.28. The molecule has 4 nitrogen and oxygen atoms in total. The first-order valence-electron chi connectivity index (χ1n) is 8.89. The van der Waals surface area contributed by atoms with Gasteiger partial charge in [0.05, 0.1) is 22.8 Å². The SMILES string of the molecule is CC(C)c1ccc(NC(=O)CN(C)[C@@H](C)c2nc3ccccc3s2)cc1. The average Bonchev–Trinajstić information content (AvgIpc) is 3.05. The fourth-order valence-electron chi connectivity index (χ4n) is 2.77. The minimum atomic E-state index is -0.0160. The molecule has 1 N–H and O–H groups in total. The highest BCUT2D eigenvalue weighted by Gasteiger charge is 2.18. The summed E-state index contributed by atoms with van der Waals surface area (Å²) in [5.41, 5.74) is 3.12. The van der Waals surface area contributed by atoms with E-state index in [2.05, 4.69) is 44.3 Å². The molecule has 0 radical (unpaired) electrons. The van der Waals surface area contributed by atoms with Gasteiger partial charge in [0.2, 0.25) is 5.91 Å². The largest absolute Gasteiger partial charge is 0.325 e. The first-order chi connectivity index (χ1) is 12.4. The van der Waals surface area contributed by atoms with Crippen LogP contribution >= 0.6 is 11.3 Å². The van der Waals surface area contributed by atoms with Crippen LogP contribution in [0.5, 0.6) is 0 Å². The topological polar surface area (TPSA) is 45.2 Å². The molecule has 0 spiro atoms. The van der Waals surface area contributed by atoms with Gasteiger partial charge in [-0.15, -0.1) is 11.3 Å². The number of nitrogens with zero attached hydrogens (tertiary/aromatic N) is 2. The van der Waals surface area contributed by atoms with E-state index < -0.39 is 0 Å². The van der Waals surface area contributed by atoms with E-state index in [1.807, 2.05) is 42.3 Å². The van der Waals surface area contributed by atoms with Gasteiger partial charge in [-0.1, -0.05) is 38.1 Å². The lowest BCUT2D eigenvalue weighted by Gasteiger charge is -2.22. The third-order valence-electron chi connectivity index (χ3n) is 4.58. The second-order valence-electron chi connectivity index (χ2n) is 6.94. The molecule has 0 aliphatic carbocycles. The maximum absolute atomic E-state index is 12.4. The number of anilines is 1. The molecule has 0 unspecified atom stereocenters. The zero-order valence-electron chi connectivity index (χ0n) is 15.7. The zero-order valence-corrected chi connectivity index (χ0v) is 16.5. The summed E-state index contributed by atoms with van der Waals surface area (Å²) in [4.78, 5) is 19.1. The summed E-state index contributed by atoms with van der Waals surface area (Å²) >= 11 is 1.68. The Kier molecular flexibility index (Phi) is 5.69. The monoisotopic (exact) mass is 367 g/mol. The van der Waals surface area contributed by atoms with Crippen LogP contribution < -0.4 is 5.32 Å². The number of rotatable bonds is 6. The van der Waals surface area contributed by atoms with E-state index in [4.69, 9.17) is 4.98 Å². The summed E-state index contributed by atoms with van der Waals surface area (Å²) in [6.07, 6.45) is 0. The quantitative estimate of drug-likeness (QED) is 0.663. The van der Waals surface area contributed by atoms with Crippen LogP contribution in [0.25, 0.3) is 10.2 Å². The number of para-hydroxylation sites is 1. The molecule has 0 aliphatic heterocycles. The van der Waals surface area contributed by atoms with Crippen molar-refractivity contribution >= 4 is 33.1 Å². The van der Waals surface area contributed by atoms with E-state index in [0.29, 0.717) is 12.5 Å². The molecular formula is C21H25N3OS. The number of hydrogen-bond donors (Lipinski definition) is 1. The number of fused-ring (bicyclic) bond motifs is 1. The maximum atomic E-state index is 12.4. The van der Waals surface area contributed by atoms with Gasteiger partial charge in [0.15, 0.2) is 0 Å². The smallest absolute Gasteiger partial charge is 0.238 e. The number of benzene rings is 2. The number of amides is 1. The van der Waals surface area contributed by atoms with Crippen LogP contribution in [0.15, 0.2) is 48.5 Å². The molecule has 1 amide bonds. The van der Waals surface area contributed by atoms with Crippen LogP contribution in [-0.4, -0.2) is 29.4 Å². The van der Waals surface area contributed by atoms with Crippen LogP contribution in [0.1, 0.15) is 43.3 Å². The van der Waals surface area contributed by atoms with Gasteiger partial charge >= 0.3 is 0 Å². The number of likely N-dealkylation sites (N-methyl/N-ethyl adjacent to an activating group) is 1. The Hall–Kier alpha value is -2.24. The van der Waals surface area contributed by atoms with Gasteiger partial charge in [0, 0.05) is 5.69 Å². The molecule has 0 saturated heterocycles. The van der Waals surface area contributed by atoms with Gasteiger partial charge in [0.1, 0.15) is 5.01 Å². The number of nitrogens with one attached hydrogen (secondary N) is 1. The van der Waals surface area contributed by atoms with Gasteiger partial charge in [-0.05, 0) is 49.7 Å².